The molecule has 0 aromatic rings. The summed E-state index contributed by atoms with van der Waals surface area (Å²) in [5.74, 6) is 2.69. The molecule has 20 heavy (non-hydrogen) atoms. The van der Waals surface area contributed by atoms with Crippen LogP contribution in [-0.4, -0.2) is 61.1 Å². The van der Waals surface area contributed by atoms with Gasteiger partial charge in [0.2, 0.25) is 5.91 Å². The van der Waals surface area contributed by atoms with Crippen LogP contribution in [0.1, 0.15) is 25.7 Å². The van der Waals surface area contributed by atoms with Gasteiger partial charge in [-0.2, -0.15) is 11.8 Å². The molecule has 2 fully saturated rings. The molecular formula is C13H27Cl2N3OS. The minimum Gasteiger partial charge on any atom is -0.355 e. The Balaban J connectivity index is 0.00000180. The largest absolute Gasteiger partial charge is 0.355 e. The second-order valence-corrected chi connectivity index (χ2v) is 6.36. The zero-order valence-corrected chi connectivity index (χ0v) is 14.4. The summed E-state index contributed by atoms with van der Waals surface area (Å²) in [6, 6.07) is 0.579. The molecule has 0 spiro atoms. The summed E-state index contributed by atoms with van der Waals surface area (Å²) in [4.78, 5) is 14.1. The molecule has 0 aliphatic carbocycles. The molecule has 4 nitrogen and oxygen atoms in total. The molecule has 1 unspecified atom stereocenters. The van der Waals surface area contributed by atoms with Crippen molar-refractivity contribution in [3.8, 4) is 0 Å². The SMILES string of the molecule is Cl.Cl.O=C(CCC1CCCN1)NCCN1CCSCC1. The van der Waals surface area contributed by atoms with Gasteiger partial charge in [0.05, 0.1) is 0 Å². The van der Waals surface area contributed by atoms with E-state index in [0.717, 1.165) is 26.1 Å². The number of nitrogens with one attached hydrogen (secondary N) is 2. The Morgan fingerprint density at radius 1 is 1.30 bits per heavy atom. The normalized spacial score (nSPS) is 22.7. The van der Waals surface area contributed by atoms with E-state index in [4.69, 9.17) is 0 Å². The molecule has 2 heterocycles. The van der Waals surface area contributed by atoms with Crippen LogP contribution in [-0.2, 0) is 4.79 Å². The van der Waals surface area contributed by atoms with Crippen molar-refractivity contribution in [3.05, 3.63) is 0 Å². The second kappa shape index (κ2) is 11.9. The fourth-order valence-corrected chi connectivity index (χ4v) is 3.55. The van der Waals surface area contributed by atoms with Gasteiger partial charge in [0.1, 0.15) is 0 Å². The van der Waals surface area contributed by atoms with Crippen molar-refractivity contribution in [2.75, 3.05) is 44.2 Å². The van der Waals surface area contributed by atoms with E-state index in [2.05, 4.69) is 15.5 Å². The number of thioether (sulfide) groups is 1. The van der Waals surface area contributed by atoms with Crippen LogP contribution in [0, 0.1) is 0 Å². The molecule has 0 saturated carbocycles. The van der Waals surface area contributed by atoms with Gasteiger partial charge >= 0.3 is 0 Å². The molecule has 1 atom stereocenters. The van der Waals surface area contributed by atoms with E-state index in [1.165, 1.54) is 37.4 Å². The van der Waals surface area contributed by atoms with Crippen LogP contribution < -0.4 is 10.6 Å². The number of carbonyl (C=O) groups is 1. The Hall–Kier alpha value is 0.320. The first-order chi connectivity index (χ1) is 8.84. The van der Waals surface area contributed by atoms with Gasteiger partial charge < -0.3 is 10.6 Å². The van der Waals surface area contributed by atoms with Gasteiger partial charge in [-0.15, -0.1) is 24.8 Å². The van der Waals surface area contributed by atoms with E-state index in [9.17, 15) is 4.79 Å². The lowest BCUT2D eigenvalue weighted by molar-refractivity contribution is -0.121. The first-order valence-electron chi connectivity index (χ1n) is 7.15. The number of hydrogen-bond donors (Lipinski definition) is 2. The number of amides is 1. The number of nitrogens with zero attached hydrogens (tertiary/aromatic N) is 1. The highest BCUT2D eigenvalue weighted by atomic mass is 35.5. The summed E-state index contributed by atoms with van der Waals surface area (Å²) in [5.41, 5.74) is 0. The first kappa shape index (κ1) is 20.3. The first-order valence-corrected chi connectivity index (χ1v) is 8.30. The maximum absolute atomic E-state index is 11.7. The maximum atomic E-state index is 11.7. The molecule has 0 aromatic heterocycles. The molecule has 0 radical (unpaired) electrons. The number of halogens is 2. The molecule has 7 heteroatoms. The van der Waals surface area contributed by atoms with Crippen molar-refractivity contribution >= 4 is 42.5 Å². The quantitative estimate of drug-likeness (QED) is 0.767. The van der Waals surface area contributed by atoms with Crippen molar-refractivity contribution in [1.82, 2.24) is 15.5 Å². The van der Waals surface area contributed by atoms with E-state index < -0.39 is 0 Å². The lowest BCUT2D eigenvalue weighted by Gasteiger charge is -2.26. The standard InChI is InChI=1S/C13H25N3OS.2ClH/c17-13(4-3-12-2-1-5-14-12)15-6-7-16-8-10-18-11-9-16;;/h12,14H,1-11H2,(H,15,17);2*1H. The van der Waals surface area contributed by atoms with Crippen molar-refractivity contribution in [3.63, 3.8) is 0 Å². The average molecular weight is 344 g/mol. The van der Waals surface area contributed by atoms with Crippen molar-refractivity contribution < 1.29 is 4.79 Å². The van der Waals surface area contributed by atoms with Gasteiger partial charge in [0.25, 0.3) is 0 Å². The molecule has 2 aliphatic rings. The second-order valence-electron chi connectivity index (χ2n) is 5.14. The van der Waals surface area contributed by atoms with E-state index >= 15 is 0 Å². The molecule has 2 saturated heterocycles. The Labute approximate surface area is 139 Å². The molecule has 0 bridgehead atoms. The number of carbonyl (C=O) groups excluding carboxylic acids is 1. The molecular weight excluding hydrogens is 317 g/mol. The van der Waals surface area contributed by atoms with E-state index in [-0.39, 0.29) is 30.7 Å². The molecule has 120 valence electrons. The van der Waals surface area contributed by atoms with Crippen LogP contribution in [0.15, 0.2) is 0 Å². The van der Waals surface area contributed by atoms with Gasteiger partial charge in [-0.1, -0.05) is 0 Å². The summed E-state index contributed by atoms with van der Waals surface area (Å²) in [7, 11) is 0. The maximum Gasteiger partial charge on any atom is 0.220 e. The molecule has 2 rings (SSSR count). The predicted molar refractivity (Wildman–Crippen MR) is 91.5 cm³/mol. The van der Waals surface area contributed by atoms with Crippen molar-refractivity contribution in [2.24, 2.45) is 0 Å². The summed E-state index contributed by atoms with van der Waals surface area (Å²) in [5, 5.41) is 6.47. The fourth-order valence-electron chi connectivity index (χ4n) is 2.58. The van der Waals surface area contributed by atoms with Crippen LogP contribution in [0.3, 0.4) is 0 Å². The monoisotopic (exact) mass is 343 g/mol. The Kier molecular flexibility index (Phi) is 12.1. The highest BCUT2D eigenvalue weighted by molar-refractivity contribution is 7.99. The zero-order valence-electron chi connectivity index (χ0n) is 11.9. The third-order valence-electron chi connectivity index (χ3n) is 3.74. The Morgan fingerprint density at radius 2 is 2.05 bits per heavy atom. The highest BCUT2D eigenvalue weighted by Crippen LogP contribution is 2.10. The van der Waals surface area contributed by atoms with Crippen LogP contribution in [0.4, 0.5) is 0 Å². The summed E-state index contributed by atoms with van der Waals surface area (Å²) in [6.07, 6.45) is 4.16. The Morgan fingerprint density at radius 3 is 2.70 bits per heavy atom. The molecule has 1 amide bonds. The zero-order chi connectivity index (χ0) is 12.6. The van der Waals surface area contributed by atoms with E-state index in [0.29, 0.717) is 12.5 Å². The van der Waals surface area contributed by atoms with Crippen LogP contribution in [0.25, 0.3) is 0 Å². The average Bonchev–Trinajstić information content (AvgIpc) is 2.91. The van der Waals surface area contributed by atoms with Crippen molar-refractivity contribution in [1.29, 1.82) is 0 Å². The van der Waals surface area contributed by atoms with E-state index in [1.807, 2.05) is 11.8 Å². The van der Waals surface area contributed by atoms with Gasteiger partial charge in [0, 0.05) is 50.1 Å². The topological polar surface area (TPSA) is 44.4 Å². The van der Waals surface area contributed by atoms with Gasteiger partial charge in [0.15, 0.2) is 0 Å². The molecule has 2 aliphatic heterocycles. The third kappa shape index (κ3) is 7.93. The third-order valence-corrected chi connectivity index (χ3v) is 4.68. The van der Waals surface area contributed by atoms with Gasteiger partial charge in [-0.25, -0.2) is 0 Å². The predicted octanol–water partition coefficient (Wildman–Crippen LogP) is 1.53. The van der Waals surface area contributed by atoms with Gasteiger partial charge in [-0.3, -0.25) is 9.69 Å². The van der Waals surface area contributed by atoms with E-state index in [1.54, 1.807) is 0 Å². The Bertz CT molecular complexity index is 260. The minimum absolute atomic E-state index is 0. The van der Waals surface area contributed by atoms with Crippen molar-refractivity contribution in [2.45, 2.75) is 31.7 Å². The van der Waals surface area contributed by atoms with Crippen LogP contribution in [0.2, 0.25) is 0 Å². The lowest BCUT2D eigenvalue weighted by atomic mass is 10.1. The van der Waals surface area contributed by atoms with Crippen LogP contribution in [0.5, 0.6) is 0 Å². The number of hydrogen-bond acceptors (Lipinski definition) is 4. The highest BCUT2D eigenvalue weighted by Gasteiger charge is 2.15. The number of rotatable bonds is 6. The lowest BCUT2D eigenvalue weighted by Crippen LogP contribution is -2.39. The summed E-state index contributed by atoms with van der Waals surface area (Å²) < 4.78 is 0. The van der Waals surface area contributed by atoms with Gasteiger partial charge in [-0.05, 0) is 25.8 Å². The summed E-state index contributed by atoms with van der Waals surface area (Å²) >= 11 is 2.02. The minimum atomic E-state index is 0. The molecule has 2 N–H and O–H groups in total. The fraction of sp³-hybridized carbons (Fsp3) is 0.923. The van der Waals surface area contributed by atoms with Crippen LogP contribution >= 0.6 is 36.6 Å². The molecule has 0 aromatic carbocycles. The smallest absolute Gasteiger partial charge is 0.220 e. The summed E-state index contributed by atoms with van der Waals surface area (Å²) in [6.45, 7) is 5.29.